The number of nitrogens with two attached hydrogens (primary N) is 1. The van der Waals surface area contributed by atoms with Crippen molar-refractivity contribution in [2.45, 2.75) is 26.3 Å². The summed E-state index contributed by atoms with van der Waals surface area (Å²) in [5.41, 5.74) is 7.20. The van der Waals surface area contributed by atoms with Crippen molar-refractivity contribution in [2.75, 3.05) is 5.32 Å². The number of nitrogens with one attached hydrogen (secondary N) is 1. The topological polar surface area (TPSA) is 72.2 Å². The Labute approximate surface area is 94.8 Å². The monoisotopic (exact) mass is 220 g/mol. The molecule has 0 aliphatic rings. The first-order valence-electron chi connectivity index (χ1n) is 5.20. The molecule has 1 atom stereocenters. The lowest BCUT2D eigenvalue weighted by Crippen LogP contribution is -2.41. The highest BCUT2D eigenvalue weighted by Crippen LogP contribution is 2.11. The van der Waals surface area contributed by atoms with Crippen molar-refractivity contribution >= 4 is 17.4 Å². The molecule has 0 spiro atoms. The summed E-state index contributed by atoms with van der Waals surface area (Å²) >= 11 is 0. The number of carbonyl (C=O) groups is 2. The average Bonchev–Trinajstić information content (AvgIpc) is 2.28. The lowest BCUT2D eigenvalue weighted by molar-refractivity contribution is -0.126. The van der Waals surface area contributed by atoms with Crippen molar-refractivity contribution in [3.05, 3.63) is 29.8 Å². The molecule has 0 saturated carbocycles. The van der Waals surface area contributed by atoms with Gasteiger partial charge in [-0.3, -0.25) is 9.59 Å². The number of hydrogen-bond acceptors (Lipinski definition) is 3. The molecule has 4 heteroatoms. The van der Waals surface area contributed by atoms with Crippen molar-refractivity contribution in [3.63, 3.8) is 0 Å². The number of benzene rings is 1. The predicted molar refractivity (Wildman–Crippen MR) is 63.1 cm³/mol. The molecule has 1 rings (SSSR count). The zero-order valence-electron chi connectivity index (χ0n) is 9.49. The van der Waals surface area contributed by atoms with E-state index in [0.717, 1.165) is 12.0 Å². The van der Waals surface area contributed by atoms with Crippen LogP contribution in [-0.2, 0) is 16.0 Å². The van der Waals surface area contributed by atoms with Gasteiger partial charge in [-0.1, -0.05) is 19.1 Å². The van der Waals surface area contributed by atoms with Gasteiger partial charge in [0.2, 0.25) is 5.91 Å². The van der Waals surface area contributed by atoms with E-state index in [1.165, 1.54) is 6.92 Å². The zero-order chi connectivity index (χ0) is 12.1. The quantitative estimate of drug-likeness (QED) is 0.746. The standard InChI is InChI=1S/C12H16N2O2/c1-3-9-5-4-6-10(7-9)14-12(16)11(13)8(2)15/h4-7,11H,3,13H2,1-2H3,(H,14,16). The number of anilines is 1. The molecule has 1 aromatic carbocycles. The Kier molecular flexibility index (Phi) is 4.19. The summed E-state index contributed by atoms with van der Waals surface area (Å²) < 4.78 is 0. The zero-order valence-corrected chi connectivity index (χ0v) is 9.49. The second-order valence-corrected chi connectivity index (χ2v) is 3.63. The Morgan fingerprint density at radius 3 is 2.69 bits per heavy atom. The summed E-state index contributed by atoms with van der Waals surface area (Å²) in [6, 6.07) is 6.37. The fraction of sp³-hybridized carbons (Fsp3) is 0.333. The van der Waals surface area contributed by atoms with Gasteiger partial charge >= 0.3 is 0 Å². The van der Waals surface area contributed by atoms with Crippen LogP contribution in [0.3, 0.4) is 0 Å². The molecule has 16 heavy (non-hydrogen) atoms. The van der Waals surface area contributed by atoms with E-state index in [-0.39, 0.29) is 5.78 Å². The van der Waals surface area contributed by atoms with Gasteiger partial charge in [-0.05, 0) is 31.0 Å². The predicted octanol–water partition coefficient (Wildman–Crippen LogP) is 1.10. The first-order valence-corrected chi connectivity index (χ1v) is 5.20. The summed E-state index contributed by atoms with van der Waals surface area (Å²) in [7, 11) is 0. The Morgan fingerprint density at radius 2 is 2.12 bits per heavy atom. The molecule has 0 heterocycles. The van der Waals surface area contributed by atoms with E-state index in [1.54, 1.807) is 6.07 Å². The summed E-state index contributed by atoms with van der Waals surface area (Å²) in [5, 5.41) is 2.61. The maximum atomic E-state index is 11.5. The van der Waals surface area contributed by atoms with Crippen LogP contribution in [0.25, 0.3) is 0 Å². The Hall–Kier alpha value is -1.68. The van der Waals surface area contributed by atoms with Gasteiger partial charge in [-0.2, -0.15) is 0 Å². The number of hydrogen-bond donors (Lipinski definition) is 2. The molecule has 0 aliphatic heterocycles. The van der Waals surface area contributed by atoms with Crippen molar-refractivity contribution in [1.29, 1.82) is 0 Å². The highest BCUT2D eigenvalue weighted by molar-refractivity contribution is 6.09. The van der Waals surface area contributed by atoms with E-state index in [9.17, 15) is 9.59 Å². The molecule has 1 amide bonds. The fourth-order valence-corrected chi connectivity index (χ4v) is 1.27. The maximum absolute atomic E-state index is 11.5. The van der Waals surface area contributed by atoms with E-state index < -0.39 is 11.9 Å². The molecule has 0 aliphatic carbocycles. The molecule has 0 aromatic heterocycles. The van der Waals surface area contributed by atoms with E-state index in [0.29, 0.717) is 5.69 Å². The van der Waals surface area contributed by atoms with Crippen LogP contribution >= 0.6 is 0 Å². The van der Waals surface area contributed by atoms with Crippen molar-refractivity contribution in [2.24, 2.45) is 5.73 Å². The minimum Gasteiger partial charge on any atom is -0.324 e. The molecular weight excluding hydrogens is 204 g/mol. The summed E-state index contributed by atoms with van der Waals surface area (Å²) in [6.07, 6.45) is 0.891. The first kappa shape index (κ1) is 12.4. The van der Waals surface area contributed by atoms with Gasteiger partial charge in [0.1, 0.15) is 6.04 Å². The van der Waals surface area contributed by atoms with E-state index in [4.69, 9.17) is 5.73 Å². The van der Waals surface area contributed by atoms with Crippen LogP contribution in [0.2, 0.25) is 0 Å². The van der Waals surface area contributed by atoms with E-state index in [1.807, 2.05) is 25.1 Å². The SMILES string of the molecule is CCc1cccc(NC(=O)C(N)C(C)=O)c1. The molecule has 1 unspecified atom stereocenters. The van der Waals surface area contributed by atoms with Crippen LogP contribution in [-0.4, -0.2) is 17.7 Å². The first-order chi connectivity index (χ1) is 7.54. The van der Waals surface area contributed by atoms with Gasteiger partial charge in [0.25, 0.3) is 0 Å². The third kappa shape index (κ3) is 3.17. The van der Waals surface area contributed by atoms with Gasteiger partial charge in [-0.25, -0.2) is 0 Å². The fourth-order valence-electron chi connectivity index (χ4n) is 1.27. The highest BCUT2D eigenvalue weighted by atomic mass is 16.2. The third-order valence-electron chi connectivity index (χ3n) is 2.32. The van der Waals surface area contributed by atoms with Gasteiger partial charge in [0.05, 0.1) is 0 Å². The highest BCUT2D eigenvalue weighted by Gasteiger charge is 2.17. The van der Waals surface area contributed by atoms with Crippen molar-refractivity contribution in [1.82, 2.24) is 0 Å². The molecule has 0 fully saturated rings. The number of amides is 1. The number of aryl methyl sites for hydroxylation is 1. The second-order valence-electron chi connectivity index (χ2n) is 3.63. The minimum atomic E-state index is -1.09. The van der Waals surface area contributed by atoms with Crippen LogP contribution in [0, 0.1) is 0 Å². The molecule has 1 aromatic rings. The van der Waals surface area contributed by atoms with Crippen LogP contribution < -0.4 is 11.1 Å². The molecule has 86 valence electrons. The van der Waals surface area contributed by atoms with Gasteiger partial charge in [-0.15, -0.1) is 0 Å². The number of carbonyl (C=O) groups excluding carboxylic acids is 2. The Balaban J connectivity index is 2.73. The van der Waals surface area contributed by atoms with Crippen molar-refractivity contribution in [3.8, 4) is 0 Å². The lowest BCUT2D eigenvalue weighted by Gasteiger charge is -2.09. The smallest absolute Gasteiger partial charge is 0.248 e. The Bertz CT molecular complexity index is 402. The normalized spacial score (nSPS) is 11.9. The van der Waals surface area contributed by atoms with E-state index in [2.05, 4.69) is 5.32 Å². The molecular formula is C12H16N2O2. The van der Waals surface area contributed by atoms with Crippen LogP contribution in [0.4, 0.5) is 5.69 Å². The number of rotatable bonds is 4. The maximum Gasteiger partial charge on any atom is 0.248 e. The second kappa shape index (κ2) is 5.42. The van der Waals surface area contributed by atoms with Crippen molar-refractivity contribution < 1.29 is 9.59 Å². The summed E-state index contributed by atoms with van der Waals surface area (Å²) in [6.45, 7) is 3.33. The molecule has 3 N–H and O–H groups in total. The molecule has 0 saturated heterocycles. The number of ketones is 1. The van der Waals surface area contributed by atoms with Gasteiger partial charge in [0.15, 0.2) is 5.78 Å². The molecule has 0 bridgehead atoms. The third-order valence-corrected chi connectivity index (χ3v) is 2.32. The van der Waals surface area contributed by atoms with E-state index >= 15 is 0 Å². The van der Waals surface area contributed by atoms with Crippen LogP contribution in [0.15, 0.2) is 24.3 Å². The summed E-state index contributed by atoms with van der Waals surface area (Å²) in [5.74, 6) is -0.815. The average molecular weight is 220 g/mol. The number of Topliss-reactive ketones (excluding diaryl/α,β-unsaturated/α-hetero) is 1. The Morgan fingerprint density at radius 1 is 1.44 bits per heavy atom. The van der Waals surface area contributed by atoms with Crippen LogP contribution in [0.1, 0.15) is 19.4 Å². The van der Waals surface area contributed by atoms with Gasteiger partial charge in [0, 0.05) is 5.69 Å². The lowest BCUT2D eigenvalue weighted by atomic mass is 10.1. The molecule has 0 radical (unpaired) electrons. The van der Waals surface area contributed by atoms with Crippen LogP contribution in [0.5, 0.6) is 0 Å². The molecule has 4 nitrogen and oxygen atoms in total. The largest absolute Gasteiger partial charge is 0.324 e. The minimum absolute atomic E-state index is 0.343. The van der Waals surface area contributed by atoms with Gasteiger partial charge < -0.3 is 11.1 Å². The summed E-state index contributed by atoms with van der Waals surface area (Å²) in [4.78, 5) is 22.4.